The third-order valence-corrected chi connectivity index (χ3v) is 5.58. The third-order valence-electron chi connectivity index (χ3n) is 5.58. The Kier molecular flexibility index (Phi) is 6.41. The van der Waals surface area contributed by atoms with Crippen LogP contribution in [0.1, 0.15) is 34.5 Å². The lowest BCUT2D eigenvalue weighted by Crippen LogP contribution is -2.29. The number of carbonyl (C=O) groups excluding carboxylic acids is 3. The number of aliphatic hydroxyl groups excluding tert-OH is 1. The molecule has 1 N–H and O–H groups in total. The molecule has 35 heavy (non-hydrogen) atoms. The fraction of sp³-hybridized carbons (Fsp3) is 0.115. The largest absolute Gasteiger partial charge is 0.507 e. The van der Waals surface area contributed by atoms with E-state index in [9.17, 15) is 29.6 Å². The van der Waals surface area contributed by atoms with Gasteiger partial charge < -0.3 is 9.84 Å². The maximum atomic E-state index is 13.2. The van der Waals surface area contributed by atoms with Crippen molar-refractivity contribution in [2.45, 2.75) is 13.0 Å². The third kappa shape index (κ3) is 4.26. The van der Waals surface area contributed by atoms with Crippen LogP contribution in [0.2, 0.25) is 0 Å². The maximum absolute atomic E-state index is 13.2. The average Bonchev–Trinajstić information content (AvgIpc) is 3.14. The number of amides is 1. The number of hydrogen-bond acceptors (Lipinski definition) is 7. The first-order valence-electron chi connectivity index (χ1n) is 10.7. The first-order chi connectivity index (χ1) is 16.8. The fourth-order valence-corrected chi connectivity index (χ4v) is 4.00. The van der Waals surface area contributed by atoms with Crippen molar-refractivity contribution in [1.29, 1.82) is 0 Å². The Labute approximate surface area is 200 Å². The topological polar surface area (TPSA) is 127 Å². The van der Waals surface area contributed by atoms with E-state index in [2.05, 4.69) is 0 Å². The van der Waals surface area contributed by atoms with Crippen molar-refractivity contribution in [3.05, 3.63) is 111 Å². The molecule has 0 aromatic heterocycles. The van der Waals surface area contributed by atoms with Gasteiger partial charge in [0, 0.05) is 17.3 Å². The highest BCUT2D eigenvalue weighted by atomic mass is 16.6. The molecule has 1 fully saturated rings. The number of ether oxygens (including phenoxy) is 1. The molecule has 3 aromatic carbocycles. The summed E-state index contributed by atoms with van der Waals surface area (Å²) in [5.41, 5.74) is 0.209. The molecular formula is C26H20N2O7. The molecule has 3 aromatic rings. The molecule has 1 atom stereocenters. The number of carbonyl (C=O) groups is 3. The molecular weight excluding hydrogens is 452 g/mol. The Balaban J connectivity index is 1.92. The number of hydrogen-bond donors (Lipinski definition) is 1. The molecule has 9 nitrogen and oxygen atoms in total. The van der Waals surface area contributed by atoms with E-state index in [1.54, 1.807) is 43.3 Å². The highest BCUT2D eigenvalue weighted by Gasteiger charge is 2.48. The Morgan fingerprint density at radius 2 is 1.60 bits per heavy atom. The molecule has 1 unspecified atom stereocenters. The zero-order chi connectivity index (χ0) is 25.1. The fourth-order valence-electron chi connectivity index (χ4n) is 4.00. The van der Waals surface area contributed by atoms with Crippen LogP contribution >= 0.6 is 0 Å². The van der Waals surface area contributed by atoms with Gasteiger partial charge in [-0.2, -0.15) is 0 Å². The summed E-state index contributed by atoms with van der Waals surface area (Å²) in [7, 11) is 0. The number of benzene rings is 3. The average molecular weight is 472 g/mol. The Hall–Kier alpha value is -4.79. The lowest BCUT2D eigenvalue weighted by molar-refractivity contribution is -0.385. The molecule has 4 rings (SSSR count). The van der Waals surface area contributed by atoms with Crippen LogP contribution in [-0.2, 0) is 14.3 Å². The number of Topliss-reactive ketones (excluding diaryl/α,β-unsaturated/α-hetero) is 1. The van der Waals surface area contributed by atoms with Gasteiger partial charge in [0.05, 0.1) is 28.2 Å². The van der Waals surface area contributed by atoms with Crippen molar-refractivity contribution in [3.8, 4) is 0 Å². The molecule has 1 saturated heterocycles. The van der Waals surface area contributed by atoms with Gasteiger partial charge in [0.25, 0.3) is 17.4 Å². The minimum atomic E-state index is -1.27. The van der Waals surface area contributed by atoms with E-state index in [4.69, 9.17) is 4.74 Å². The number of nitrogens with zero attached hydrogens (tertiary/aromatic N) is 2. The number of nitro groups is 1. The van der Waals surface area contributed by atoms with Crippen LogP contribution < -0.4 is 4.90 Å². The molecule has 176 valence electrons. The summed E-state index contributed by atoms with van der Waals surface area (Å²) in [6, 6.07) is 18.4. The van der Waals surface area contributed by atoms with E-state index in [1.807, 2.05) is 0 Å². The number of ketones is 1. The van der Waals surface area contributed by atoms with Gasteiger partial charge in [-0.15, -0.1) is 0 Å². The van der Waals surface area contributed by atoms with Crippen LogP contribution in [0.4, 0.5) is 11.4 Å². The Bertz CT molecular complexity index is 1350. The summed E-state index contributed by atoms with van der Waals surface area (Å²) in [4.78, 5) is 50.7. The summed E-state index contributed by atoms with van der Waals surface area (Å²) in [6.45, 7) is 1.86. The first kappa shape index (κ1) is 23.4. The van der Waals surface area contributed by atoms with Gasteiger partial charge in [-0.25, -0.2) is 4.79 Å². The zero-order valence-corrected chi connectivity index (χ0v) is 18.6. The van der Waals surface area contributed by atoms with Crippen molar-refractivity contribution < 1.29 is 29.2 Å². The van der Waals surface area contributed by atoms with E-state index < -0.39 is 34.4 Å². The number of rotatable bonds is 6. The molecule has 1 aliphatic heterocycles. The highest BCUT2D eigenvalue weighted by molar-refractivity contribution is 6.51. The lowest BCUT2D eigenvalue weighted by Gasteiger charge is -2.25. The monoisotopic (exact) mass is 472 g/mol. The summed E-state index contributed by atoms with van der Waals surface area (Å²) < 4.78 is 4.97. The normalized spacial score (nSPS) is 16.8. The van der Waals surface area contributed by atoms with Crippen molar-refractivity contribution in [2.24, 2.45) is 0 Å². The van der Waals surface area contributed by atoms with E-state index in [0.29, 0.717) is 0 Å². The number of nitro benzene ring substituents is 1. The molecule has 0 bridgehead atoms. The van der Waals surface area contributed by atoms with Crippen molar-refractivity contribution in [1.82, 2.24) is 0 Å². The van der Waals surface area contributed by atoms with E-state index in [-0.39, 0.29) is 40.2 Å². The van der Waals surface area contributed by atoms with Gasteiger partial charge >= 0.3 is 5.97 Å². The standard InChI is InChI=1S/C26H20N2O7/c1-2-35-26(32)17-12-14-18(15-13-17)27-22(19-10-6-7-11-20(19)28(33)34)21(24(30)25(27)31)23(29)16-8-4-3-5-9-16/h3-15,22,29H,2H2,1H3/b23-21-. The second kappa shape index (κ2) is 9.60. The van der Waals surface area contributed by atoms with Crippen LogP contribution in [-0.4, -0.2) is 34.3 Å². The van der Waals surface area contributed by atoms with Gasteiger partial charge in [-0.05, 0) is 37.3 Å². The number of aliphatic hydroxyl groups is 1. The van der Waals surface area contributed by atoms with Gasteiger partial charge in [0.2, 0.25) is 0 Å². The van der Waals surface area contributed by atoms with Crippen LogP contribution in [0, 0.1) is 10.1 Å². The maximum Gasteiger partial charge on any atom is 0.338 e. The molecule has 0 spiro atoms. The minimum absolute atomic E-state index is 0.0589. The van der Waals surface area contributed by atoms with Gasteiger partial charge in [0.1, 0.15) is 11.8 Å². The van der Waals surface area contributed by atoms with E-state index >= 15 is 0 Å². The van der Waals surface area contributed by atoms with Crippen molar-refractivity contribution >= 4 is 34.8 Å². The predicted molar refractivity (Wildman–Crippen MR) is 127 cm³/mol. The van der Waals surface area contributed by atoms with Crippen molar-refractivity contribution in [2.75, 3.05) is 11.5 Å². The predicted octanol–water partition coefficient (Wildman–Crippen LogP) is 4.40. The van der Waals surface area contributed by atoms with E-state index in [1.165, 1.54) is 42.5 Å². The summed E-state index contributed by atoms with van der Waals surface area (Å²) in [6.07, 6.45) is 0. The van der Waals surface area contributed by atoms with Gasteiger partial charge in [-0.1, -0.05) is 42.5 Å². The second-order valence-corrected chi connectivity index (χ2v) is 7.62. The molecule has 1 heterocycles. The zero-order valence-electron chi connectivity index (χ0n) is 18.6. The van der Waals surface area contributed by atoms with Crippen LogP contribution in [0.5, 0.6) is 0 Å². The summed E-state index contributed by atoms with van der Waals surface area (Å²) in [5.74, 6) is -2.95. The highest BCUT2D eigenvalue weighted by Crippen LogP contribution is 2.44. The Morgan fingerprint density at radius 1 is 0.971 bits per heavy atom. The minimum Gasteiger partial charge on any atom is -0.507 e. The molecule has 9 heteroatoms. The summed E-state index contributed by atoms with van der Waals surface area (Å²) in [5, 5.41) is 22.9. The molecule has 0 saturated carbocycles. The van der Waals surface area contributed by atoms with Gasteiger partial charge in [-0.3, -0.25) is 24.6 Å². The summed E-state index contributed by atoms with van der Waals surface area (Å²) >= 11 is 0. The lowest BCUT2D eigenvalue weighted by atomic mass is 9.94. The van der Waals surface area contributed by atoms with Gasteiger partial charge in [0.15, 0.2) is 0 Å². The number of anilines is 1. The smallest absolute Gasteiger partial charge is 0.338 e. The van der Waals surface area contributed by atoms with Crippen molar-refractivity contribution in [3.63, 3.8) is 0 Å². The molecule has 0 aliphatic carbocycles. The van der Waals surface area contributed by atoms with Crippen LogP contribution in [0.3, 0.4) is 0 Å². The quantitative estimate of drug-likeness (QED) is 0.141. The molecule has 1 amide bonds. The first-order valence-corrected chi connectivity index (χ1v) is 10.7. The van der Waals surface area contributed by atoms with Crippen LogP contribution in [0.15, 0.2) is 84.4 Å². The Morgan fingerprint density at radius 3 is 2.23 bits per heavy atom. The molecule has 0 radical (unpaired) electrons. The number of para-hydroxylation sites is 1. The van der Waals surface area contributed by atoms with E-state index in [0.717, 1.165) is 4.90 Å². The molecule has 1 aliphatic rings. The second-order valence-electron chi connectivity index (χ2n) is 7.62. The SMILES string of the molecule is CCOC(=O)c1ccc(N2C(=O)C(=O)/C(=C(\O)c3ccccc3)C2c2ccccc2[N+](=O)[O-])cc1. The van der Waals surface area contributed by atoms with Crippen LogP contribution in [0.25, 0.3) is 5.76 Å². The number of esters is 1.